The zero-order valence-corrected chi connectivity index (χ0v) is 11.1. The van der Waals surface area contributed by atoms with Crippen LogP contribution in [0.4, 0.5) is 5.82 Å². The van der Waals surface area contributed by atoms with Crippen LogP contribution in [0, 0.1) is 0 Å². The number of aliphatic hydroxyl groups excluding tert-OH is 1. The lowest BCUT2D eigenvalue weighted by Crippen LogP contribution is -2.27. The van der Waals surface area contributed by atoms with Crippen LogP contribution in [0.1, 0.15) is 18.2 Å². The first-order valence-electron chi connectivity index (χ1n) is 6.54. The molecule has 1 heterocycles. The molecule has 1 unspecified atom stereocenters. The van der Waals surface area contributed by atoms with Gasteiger partial charge in [0.05, 0.1) is 12.6 Å². The topological polar surface area (TPSA) is 58.0 Å². The van der Waals surface area contributed by atoms with Gasteiger partial charge in [-0.05, 0) is 18.4 Å². The number of aromatic nitrogens is 2. The fourth-order valence-electron chi connectivity index (χ4n) is 1.94. The van der Waals surface area contributed by atoms with Gasteiger partial charge in [0, 0.05) is 11.8 Å². The minimum Gasteiger partial charge on any atom is -0.394 e. The van der Waals surface area contributed by atoms with Crippen LogP contribution in [0.25, 0.3) is 0 Å². The molecule has 1 aromatic carbocycles. The summed E-state index contributed by atoms with van der Waals surface area (Å²) < 4.78 is 0. The molecule has 0 spiro atoms. The first-order valence-corrected chi connectivity index (χ1v) is 6.54. The van der Waals surface area contributed by atoms with Gasteiger partial charge in [-0.1, -0.05) is 37.3 Å². The molecule has 2 aromatic rings. The van der Waals surface area contributed by atoms with Crippen LogP contribution in [0.15, 0.2) is 42.7 Å². The molecule has 4 heteroatoms. The summed E-state index contributed by atoms with van der Waals surface area (Å²) in [6.07, 6.45) is 3.20. The van der Waals surface area contributed by atoms with Crippen molar-refractivity contribution in [2.24, 2.45) is 0 Å². The third-order valence-electron chi connectivity index (χ3n) is 2.98. The van der Waals surface area contributed by atoms with Crippen LogP contribution in [-0.2, 0) is 12.8 Å². The van der Waals surface area contributed by atoms with Gasteiger partial charge in [-0.15, -0.1) is 0 Å². The van der Waals surface area contributed by atoms with Gasteiger partial charge in [-0.2, -0.15) is 0 Å². The molecule has 0 amide bonds. The molecule has 0 bridgehead atoms. The second kappa shape index (κ2) is 6.85. The van der Waals surface area contributed by atoms with E-state index < -0.39 is 0 Å². The molecule has 0 saturated carbocycles. The second-order valence-corrected chi connectivity index (χ2v) is 4.46. The molecule has 0 saturated heterocycles. The second-order valence-electron chi connectivity index (χ2n) is 4.46. The molecule has 1 aromatic heterocycles. The summed E-state index contributed by atoms with van der Waals surface area (Å²) in [7, 11) is 0. The van der Waals surface area contributed by atoms with Gasteiger partial charge < -0.3 is 10.4 Å². The fourth-order valence-corrected chi connectivity index (χ4v) is 1.94. The average Bonchev–Trinajstić information content (AvgIpc) is 2.48. The van der Waals surface area contributed by atoms with E-state index in [-0.39, 0.29) is 12.6 Å². The Morgan fingerprint density at radius 1 is 1.21 bits per heavy atom. The lowest BCUT2D eigenvalue weighted by atomic mass is 10.1. The summed E-state index contributed by atoms with van der Waals surface area (Å²) in [5.41, 5.74) is 2.19. The molecule has 4 nitrogen and oxygen atoms in total. The Kier molecular flexibility index (Phi) is 4.86. The highest BCUT2D eigenvalue weighted by Crippen LogP contribution is 2.10. The van der Waals surface area contributed by atoms with E-state index in [0.29, 0.717) is 0 Å². The number of nitrogens with one attached hydrogen (secondary N) is 1. The van der Waals surface area contributed by atoms with E-state index in [1.807, 2.05) is 24.3 Å². The lowest BCUT2D eigenvalue weighted by Gasteiger charge is -2.17. The van der Waals surface area contributed by atoms with E-state index in [9.17, 15) is 5.11 Å². The molecular formula is C15H19N3O. The summed E-state index contributed by atoms with van der Waals surface area (Å²) in [5, 5.41) is 12.7. The minimum atomic E-state index is -0.0398. The normalized spacial score (nSPS) is 12.1. The quantitative estimate of drug-likeness (QED) is 0.831. The maximum absolute atomic E-state index is 9.47. The highest BCUT2D eigenvalue weighted by atomic mass is 16.3. The SMILES string of the molecule is CCc1cc(NC(CO)Cc2ccccc2)ncn1. The van der Waals surface area contributed by atoms with Gasteiger partial charge >= 0.3 is 0 Å². The van der Waals surface area contributed by atoms with E-state index in [4.69, 9.17) is 0 Å². The molecule has 0 aliphatic heterocycles. The van der Waals surface area contributed by atoms with Crippen LogP contribution >= 0.6 is 0 Å². The van der Waals surface area contributed by atoms with Crippen molar-refractivity contribution in [2.75, 3.05) is 11.9 Å². The fraction of sp³-hybridized carbons (Fsp3) is 0.333. The summed E-state index contributed by atoms with van der Waals surface area (Å²) >= 11 is 0. The number of anilines is 1. The van der Waals surface area contributed by atoms with E-state index in [0.717, 1.165) is 24.4 Å². The Bertz CT molecular complexity index is 502. The summed E-state index contributed by atoms with van der Waals surface area (Å²) in [5.74, 6) is 0.766. The number of aliphatic hydroxyl groups is 1. The lowest BCUT2D eigenvalue weighted by molar-refractivity contribution is 0.273. The number of hydrogen-bond donors (Lipinski definition) is 2. The first kappa shape index (κ1) is 13.5. The Hall–Kier alpha value is -1.94. The largest absolute Gasteiger partial charge is 0.394 e. The standard InChI is InChI=1S/C15H19N3O/c1-2-13-9-15(17-11-16-13)18-14(10-19)8-12-6-4-3-5-7-12/h3-7,9,11,14,19H,2,8,10H2,1H3,(H,16,17,18). The number of benzene rings is 1. The third kappa shape index (κ3) is 4.03. The number of rotatable bonds is 6. The Balaban J connectivity index is 2.02. The zero-order chi connectivity index (χ0) is 13.5. The van der Waals surface area contributed by atoms with Crippen LogP contribution in [0.3, 0.4) is 0 Å². The Morgan fingerprint density at radius 3 is 2.68 bits per heavy atom. The van der Waals surface area contributed by atoms with Gasteiger partial charge in [-0.25, -0.2) is 9.97 Å². The smallest absolute Gasteiger partial charge is 0.129 e. The van der Waals surface area contributed by atoms with Crippen LogP contribution in [0.5, 0.6) is 0 Å². The van der Waals surface area contributed by atoms with Crippen molar-refractivity contribution < 1.29 is 5.11 Å². The van der Waals surface area contributed by atoms with E-state index in [1.165, 1.54) is 5.56 Å². The van der Waals surface area contributed by atoms with Crippen molar-refractivity contribution in [3.63, 3.8) is 0 Å². The number of hydrogen-bond acceptors (Lipinski definition) is 4. The summed E-state index contributed by atoms with van der Waals surface area (Å²) in [6.45, 7) is 2.12. The molecular weight excluding hydrogens is 238 g/mol. The molecule has 0 aliphatic rings. The summed E-state index contributed by atoms with van der Waals surface area (Å²) in [6, 6.07) is 12.0. The zero-order valence-electron chi connectivity index (χ0n) is 11.1. The summed E-state index contributed by atoms with van der Waals surface area (Å²) in [4.78, 5) is 8.34. The maximum Gasteiger partial charge on any atom is 0.129 e. The third-order valence-corrected chi connectivity index (χ3v) is 2.98. The van der Waals surface area contributed by atoms with Gasteiger partial charge in [-0.3, -0.25) is 0 Å². The van der Waals surface area contributed by atoms with Crippen molar-refractivity contribution in [3.8, 4) is 0 Å². The van der Waals surface area contributed by atoms with Gasteiger partial charge in [0.15, 0.2) is 0 Å². The van der Waals surface area contributed by atoms with Crippen LogP contribution in [0.2, 0.25) is 0 Å². The predicted molar refractivity (Wildman–Crippen MR) is 76.1 cm³/mol. The van der Waals surface area contributed by atoms with E-state index in [1.54, 1.807) is 6.33 Å². The minimum absolute atomic E-state index is 0.0398. The van der Waals surface area contributed by atoms with Crippen molar-refractivity contribution in [2.45, 2.75) is 25.8 Å². The first-order chi connectivity index (χ1) is 9.31. The predicted octanol–water partition coefficient (Wildman–Crippen LogP) is 2.05. The van der Waals surface area contributed by atoms with Gasteiger partial charge in [0.25, 0.3) is 0 Å². The van der Waals surface area contributed by atoms with Crippen LogP contribution in [-0.4, -0.2) is 27.7 Å². The van der Waals surface area contributed by atoms with Gasteiger partial charge in [0.1, 0.15) is 12.1 Å². The maximum atomic E-state index is 9.47. The number of nitrogens with zero attached hydrogens (tertiary/aromatic N) is 2. The highest BCUT2D eigenvalue weighted by Gasteiger charge is 2.09. The van der Waals surface area contributed by atoms with Crippen molar-refractivity contribution in [1.29, 1.82) is 0 Å². The molecule has 2 N–H and O–H groups in total. The number of aryl methyl sites for hydroxylation is 1. The molecule has 0 fully saturated rings. The van der Waals surface area contributed by atoms with Crippen molar-refractivity contribution >= 4 is 5.82 Å². The van der Waals surface area contributed by atoms with E-state index in [2.05, 4.69) is 34.3 Å². The Labute approximate surface area is 113 Å². The Morgan fingerprint density at radius 2 is 2.00 bits per heavy atom. The van der Waals surface area contributed by atoms with Crippen LogP contribution < -0.4 is 5.32 Å². The van der Waals surface area contributed by atoms with Crippen molar-refractivity contribution in [1.82, 2.24) is 9.97 Å². The molecule has 0 aliphatic carbocycles. The highest BCUT2D eigenvalue weighted by molar-refractivity contribution is 5.36. The molecule has 1 atom stereocenters. The molecule has 0 radical (unpaired) electrons. The van der Waals surface area contributed by atoms with Crippen molar-refractivity contribution in [3.05, 3.63) is 54.0 Å². The average molecular weight is 257 g/mol. The molecule has 100 valence electrons. The van der Waals surface area contributed by atoms with E-state index >= 15 is 0 Å². The monoisotopic (exact) mass is 257 g/mol. The molecule has 2 rings (SSSR count). The molecule has 19 heavy (non-hydrogen) atoms. The van der Waals surface area contributed by atoms with Gasteiger partial charge in [0.2, 0.25) is 0 Å².